The first-order valence-corrected chi connectivity index (χ1v) is 9.39. The van der Waals surface area contributed by atoms with Gasteiger partial charge in [0.15, 0.2) is 5.96 Å². The Bertz CT molecular complexity index is 595. The van der Waals surface area contributed by atoms with Gasteiger partial charge in [0.2, 0.25) is 0 Å². The highest BCUT2D eigenvalue weighted by molar-refractivity contribution is 5.79. The average Bonchev–Trinajstić information content (AvgIpc) is 2.62. The van der Waals surface area contributed by atoms with Crippen LogP contribution in [0.25, 0.3) is 0 Å². The minimum absolute atomic E-state index is 0.170. The summed E-state index contributed by atoms with van der Waals surface area (Å²) in [5.74, 6) is 0.705. The zero-order valence-corrected chi connectivity index (χ0v) is 15.4. The van der Waals surface area contributed by atoms with Crippen LogP contribution in [0.2, 0.25) is 0 Å². The second-order valence-electron chi connectivity index (χ2n) is 6.96. The molecule has 0 aliphatic carbocycles. The van der Waals surface area contributed by atoms with Crippen molar-refractivity contribution in [1.82, 2.24) is 20.4 Å². The Morgan fingerprint density at radius 3 is 2.68 bits per heavy atom. The molecule has 0 spiro atoms. The molecule has 3 heterocycles. The number of hydrogen-bond donors (Lipinski definition) is 2. The summed E-state index contributed by atoms with van der Waals surface area (Å²) in [4.78, 5) is 9.89. The number of guanidine groups is 1. The standard InChI is InChI=1S/C19H30FN5/c1-3-21-19(22-7-6-16-4-5-17(20)12-15(16)2)23-13-18-14-24-8-10-25(18)11-9-24/h4-5,12,18H,3,6-11,13-14H2,1-2H3,(H2,21,22,23). The van der Waals surface area contributed by atoms with Crippen molar-refractivity contribution in [2.45, 2.75) is 26.3 Å². The molecule has 0 amide bonds. The average molecular weight is 347 g/mol. The van der Waals surface area contributed by atoms with Gasteiger partial charge >= 0.3 is 0 Å². The lowest BCUT2D eigenvalue weighted by molar-refractivity contribution is 0.0174. The number of rotatable bonds is 6. The maximum Gasteiger partial charge on any atom is 0.191 e. The van der Waals surface area contributed by atoms with Gasteiger partial charge in [-0.05, 0) is 43.5 Å². The second kappa shape index (κ2) is 8.63. The Labute approximate surface area is 150 Å². The van der Waals surface area contributed by atoms with E-state index < -0.39 is 0 Å². The normalized spacial score (nSPS) is 25.9. The Balaban J connectivity index is 1.50. The summed E-state index contributed by atoms with van der Waals surface area (Å²) in [5, 5.41) is 6.73. The van der Waals surface area contributed by atoms with Gasteiger partial charge in [-0.25, -0.2) is 4.39 Å². The van der Waals surface area contributed by atoms with E-state index in [1.165, 1.54) is 37.8 Å². The molecule has 138 valence electrons. The molecule has 2 bridgehead atoms. The van der Waals surface area contributed by atoms with E-state index in [-0.39, 0.29) is 5.82 Å². The smallest absolute Gasteiger partial charge is 0.191 e. The fraction of sp³-hybridized carbons (Fsp3) is 0.632. The van der Waals surface area contributed by atoms with Crippen molar-refractivity contribution < 1.29 is 4.39 Å². The molecule has 0 radical (unpaired) electrons. The fourth-order valence-corrected chi connectivity index (χ4v) is 3.69. The van der Waals surface area contributed by atoms with Crippen LogP contribution in [-0.4, -0.2) is 74.2 Å². The molecule has 3 aliphatic rings. The van der Waals surface area contributed by atoms with Crippen molar-refractivity contribution in [3.63, 3.8) is 0 Å². The molecule has 2 N–H and O–H groups in total. The van der Waals surface area contributed by atoms with E-state index >= 15 is 0 Å². The Kier molecular flexibility index (Phi) is 6.26. The van der Waals surface area contributed by atoms with Gasteiger partial charge < -0.3 is 10.6 Å². The highest BCUT2D eigenvalue weighted by atomic mass is 19.1. The molecular formula is C19H30FN5. The second-order valence-corrected chi connectivity index (χ2v) is 6.96. The molecule has 1 aromatic rings. The van der Waals surface area contributed by atoms with Gasteiger partial charge in [0.1, 0.15) is 5.82 Å². The third kappa shape index (κ3) is 4.92. The number of fused-ring (bicyclic) bond motifs is 3. The Hall–Kier alpha value is -1.66. The molecular weight excluding hydrogens is 317 g/mol. The first kappa shape index (κ1) is 18.1. The van der Waals surface area contributed by atoms with Gasteiger partial charge in [-0.3, -0.25) is 14.8 Å². The van der Waals surface area contributed by atoms with Gasteiger partial charge in [0.25, 0.3) is 0 Å². The third-order valence-electron chi connectivity index (χ3n) is 5.19. The van der Waals surface area contributed by atoms with Crippen LogP contribution in [0.1, 0.15) is 18.1 Å². The first-order valence-electron chi connectivity index (χ1n) is 9.39. The molecule has 1 aromatic carbocycles. The van der Waals surface area contributed by atoms with E-state index in [9.17, 15) is 4.39 Å². The van der Waals surface area contributed by atoms with Crippen LogP contribution < -0.4 is 10.6 Å². The molecule has 3 saturated heterocycles. The van der Waals surface area contributed by atoms with Gasteiger partial charge in [0.05, 0.1) is 6.54 Å². The van der Waals surface area contributed by atoms with E-state index in [1.807, 2.05) is 13.0 Å². The third-order valence-corrected chi connectivity index (χ3v) is 5.19. The summed E-state index contributed by atoms with van der Waals surface area (Å²) in [5.41, 5.74) is 2.18. The molecule has 1 unspecified atom stereocenters. The number of aryl methyl sites for hydroxylation is 1. The maximum absolute atomic E-state index is 13.2. The van der Waals surface area contributed by atoms with Gasteiger partial charge in [-0.1, -0.05) is 6.07 Å². The van der Waals surface area contributed by atoms with Gasteiger partial charge in [-0.15, -0.1) is 0 Å². The zero-order chi connectivity index (χ0) is 17.6. The van der Waals surface area contributed by atoms with Crippen LogP contribution in [0.5, 0.6) is 0 Å². The molecule has 3 aliphatic heterocycles. The van der Waals surface area contributed by atoms with Crippen LogP contribution >= 0.6 is 0 Å². The quantitative estimate of drug-likeness (QED) is 0.600. The van der Waals surface area contributed by atoms with Gasteiger partial charge in [-0.2, -0.15) is 0 Å². The number of aliphatic imine (C=N–C) groups is 1. The van der Waals surface area contributed by atoms with Crippen molar-refractivity contribution in [3.8, 4) is 0 Å². The summed E-state index contributed by atoms with van der Waals surface area (Å²) in [6.45, 7) is 12.4. The number of nitrogens with one attached hydrogen (secondary N) is 2. The van der Waals surface area contributed by atoms with Crippen LogP contribution in [0.4, 0.5) is 4.39 Å². The fourth-order valence-electron chi connectivity index (χ4n) is 3.69. The highest BCUT2D eigenvalue weighted by Gasteiger charge is 2.31. The van der Waals surface area contributed by atoms with Crippen molar-refractivity contribution in [3.05, 3.63) is 35.1 Å². The Morgan fingerprint density at radius 2 is 2.04 bits per heavy atom. The molecule has 3 fully saturated rings. The minimum Gasteiger partial charge on any atom is -0.357 e. The highest BCUT2D eigenvalue weighted by Crippen LogP contribution is 2.15. The molecule has 5 nitrogen and oxygen atoms in total. The largest absolute Gasteiger partial charge is 0.357 e. The predicted octanol–water partition coefficient (Wildman–Crippen LogP) is 1.23. The lowest BCUT2D eigenvalue weighted by Crippen LogP contribution is -2.62. The van der Waals surface area contributed by atoms with E-state index in [1.54, 1.807) is 6.07 Å². The topological polar surface area (TPSA) is 42.9 Å². The molecule has 4 rings (SSSR count). The monoisotopic (exact) mass is 347 g/mol. The number of hydrogen-bond acceptors (Lipinski definition) is 3. The van der Waals surface area contributed by atoms with E-state index in [4.69, 9.17) is 4.99 Å². The molecule has 1 atom stereocenters. The summed E-state index contributed by atoms with van der Waals surface area (Å²) < 4.78 is 13.2. The zero-order valence-electron chi connectivity index (χ0n) is 15.4. The molecule has 0 aromatic heterocycles. The number of nitrogens with zero attached hydrogens (tertiary/aromatic N) is 3. The van der Waals surface area contributed by atoms with E-state index in [0.29, 0.717) is 6.04 Å². The van der Waals surface area contributed by atoms with Gasteiger partial charge in [0, 0.05) is 51.9 Å². The van der Waals surface area contributed by atoms with Crippen LogP contribution in [0.15, 0.2) is 23.2 Å². The van der Waals surface area contributed by atoms with Crippen LogP contribution in [0.3, 0.4) is 0 Å². The summed E-state index contributed by atoms with van der Waals surface area (Å²) in [7, 11) is 0. The summed E-state index contributed by atoms with van der Waals surface area (Å²) in [6.07, 6.45) is 0.861. The minimum atomic E-state index is -0.170. The molecule has 6 heteroatoms. The van der Waals surface area contributed by atoms with Crippen LogP contribution in [-0.2, 0) is 6.42 Å². The molecule has 0 saturated carbocycles. The number of halogens is 1. The van der Waals surface area contributed by atoms with E-state index in [2.05, 4.69) is 27.4 Å². The van der Waals surface area contributed by atoms with Crippen molar-refractivity contribution in [1.29, 1.82) is 0 Å². The number of piperazine rings is 3. The van der Waals surface area contributed by atoms with Crippen molar-refractivity contribution in [2.24, 2.45) is 4.99 Å². The first-order chi connectivity index (χ1) is 12.2. The summed E-state index contributed by atoms with van der Waals surface area (Å²) >= 11 is 0. The van der Waals surface area contributed by atoms with Crippen molar-refractivity contribution >= 4 is 5.96 Å². The predicted molar refractivity (Wildman–Crippen MR) is 101 cm³/mol. The lowest BCUT2D eigenvalue weighted by Gasteiger charge is -2.47. The molecule has 25 heavy (non-hydrogen) atoms. The maximum atomic E-state index is 13.2. The Morgan fingerprint density at radius 1 is 1.24 bits per heavy atom. The van der Waals surface area contributed by atoms with E-state index in [0.717, 1.165) is 44.1 Å². The van der Waals surface area contributed by atoms with Crippen LogP contribution in [0, 0.1) is 12.7 Å². The number of benzene rings is 1. The van der Waals surface area contributed by atoms with Crippen molar-refractivity contribution in [2.75, 3.05) is 52.4 Å². The lowest BCUT2D eigenvalue weighted by atomic mass is 10.1. The SMILES string of the molecule is CCNC(=NCC1CN2CCN1CC2)NCCc1ccc(F)cc1C. The summed E-state index contributed by atoms with van der Waals surface area (Å²) in [6, 6.07) is 5.54.